The number of carbonyl (C=O) groups is 1. The molecule has 7 nitrogen and oxygen atoms in total. The highest BCUT2D eigenvalue weighted by Crippen LogP contribution is 2.35. The van der Waals surface area contributed by atoms with E-state index in [1.54, 1.807) is 0 Å². The van der Waals surface area contributed by atoms with Crippen LogP contribution in [0.25, 0.3) is 11.4 Å². The number of carbonyl (C=O) groups excluding carboxylic acids is 1. The number of aryl methyl sites for hydroxylation is 3. The van der Waals surface area contributed by atoms with Crippen molar-refractivity contribution in [2.45, 2.75) is 47.6 Å². The number of hydrogen-bond donors (Lipinski definition) is 1. The lowest BCUT2D eigenvalue weighted by molar-refractivity contribution is -0.119. The van der Waals surface area contributed by atoms with Gasteiger partial charge in [-0.05, 0) is 49.6 Å². The molecule has 0 spiro atoms. The fraction of sp³-hybridized carbons (Fsp3) is 0.433. The summed E-state index contributed by atoms with van der Waals surface area (Å²) in [5.41, 5.74) is 13.6. The summed E-state index contributed by atoms with van der Waals surface area (Å²) in [6, 6.07) is 12.4. The Hall–Kier alpha value is -3.16. The lowest BCUT2D eigenvalue weighted by Gasteiger charge is -2.38. The second-order valence-electron chi connectivity index (χ2n) is 9.89. The van der Waals surface area contributed by atoms with Gasteiger partial charge < -0.3 is 15.5 Å². The monoisotopic (exact) mass is 534 g/mol. The first kappa shape index (κ1) is 27.9. The summed E-state index contributed by atoms with van der Waals surface area (Å²) in [6.45, 7) is 15.4. The first-order valence-corrected chi connectivity index (χ1v) is 13.9. The van der Waals surface area contributed by atoms with Crippen LogP contribution in [0.2, 0.25) is 5.02 Å². The molecule has 5 rings (SSSR count). The standard InChI is InChI=1S/C28H33ClN6O.C2H6/c1-18-7-8-21(29)15-24(18)35-10-9-23-22(16-35)28(34-13-11-33(12-14-34)17-25(30)36)32-27(31-23)26-19(2)5-4-6-20(26)3;1-2/h4-8,15H,9-14,16-17H2,1-3H3,(H2,30,36);1-2H3. The molecule has 1 saturated heterocycles. The van der Waals surface area contributed by atoms with Gasteiger partial charge in [-0.1, -0.05) is 49.7 Å². The molecule has 0 bridgehead atoms. The molecule has 1 amide bonds. The number of piperazine rings is 1. The van der Waals surface area contributed by atoms with E-state index in [1.165, 1.54) is 22.3 Å². The molecular formula is C30H39ClN6O. The van der Waals surface area contributed by atoms with Crippen LogP contribution in [0.4, 0.5) is 11.5 Å². The highest BCUT2D eigenvalue weighted by atomic mass is 35.5. The Morgan fingerprint density at radius 2 is 1.61 bits per heavy atom. The van der Waals surface area contributed by atoms with Gasteiger partial charge in [-0.3, -0.25) is 9.69 Å². The summed E-state index contributed by atoms with van der Waals surface area (Å²) in [5, 5.41) is 0.744. The highest BCUT2D eigenvalue weighted by molar-refractivity contribution is 6.30. The molecule has 1 aromatic heterocycles. The van der Waals surface area contributed by atoms with Crippen LogP contribution >= 0.6 is 11.6 Å². The molecule has 202 valence electrons. The number of nitrogens with two attached hydrogens (primary N) is 1. The molecule has 3 heterocycles. The van der Waals surface area contributed by atoms with E-state index in [4.69, 9.17) is 27.3 Å². The molecule has 0 saturated carbocycles. The Bertz CT molecular complexity index is 1280. The third-order valence-corrected chi connectivity index (χ3v) is 7.54. The first-order valence-electron chi connectivity index (χ1n) is 13.5. The fourth-order valence-electron chi connectivity index (χ4n) is 5.40. The first-order chi connectivity index (χ1) is 18.3. The molecule has 2 aliphatic rings. The van der Waals surface area contributed by atoms with Gasteiger partial charge in [0.05, 0.1) is 12.2 Å². The molecule has 2 aliphatic heterocycles. The van der Waals surface area contributed by atoms with E-state index in [1.807, 2.05) is 19.9 Å². The van der Waals surface area contributed by atoms with Crippen LogP contribution in [0.3, 0.4) is 0 Å². The van der Waals surface area contributed by atoms with Crippen molar-refractivity contribution < 1.29 is 4.79 Å². The molecule has 1 fully saturated rings. The maximum atomic E-state index is 11.4. The smallest absolute Gasteiger partial charge is 0.231 e. The normalized spacial score (nSPS) is 15.5. The SMILES string of the molecule is CC.Cc1ccc(Cl)cc1N1CCc2nc(-c3c(C)cccc3C)nc(N3CCN(CC(N)=O)CC3)c2C1. The lowest BCUT2D eigenvalue weighted by Crippen LogP contribution is -2.49. The quantitative estimate of drug-likeness (QED) is 0.500. The third kappa shape index (κ3) is 5.94. The van der Waals surface area contributed by atoms with Crippen LogP contribution < -0.4 is 15.5 Å². The summed E-state index contributed by atoms with van der Waals surface area (Å²) in [5.74, 6) is 1.51. The summed E-state index contributed by atoms with van der Waals surface area (Å²) in [4.78, 5) is 28.6. The molecule has 0 radical (unpaired) electrons. The number of hydrogen-bond acceptors (Lipinski definition) is 6. The van der Waals surface area contributed by atoms with Crippen LogP contribution in [-0.2, 0) is 17.8 Å². The molecule has 0 atom stereocenters. The number of benzene rings is 2. The minimum atomic E-state index is -0.285. The largest absolute Gasteiger partial charge is 0.369 e. The van der Waals surface area contributed by atoms with Crippen molar-refractivity contribution in [3.8, 4) is 11.4 Å². The number of anilines is 2. The second-order valence-corrected chi connectivity index (χ2v) is 10.3. The van der Waals surface area contributed by atoms with E-state index >= 15 is 0 Å². The average molecular weight is 535 g/mol. The molecule has 0 unspecified atom stereocenters. The van der Waals surface area contributed by atoms with Crippen LogP contribution in [-0.4, -0.2) is 60.0 Å². The zero-order valence-electron chi connectivity index (χ0n) is 23.2. The number of halogens is 1. The van der Waals surface area contributed by atoms with Gasteiger partial charge in [0.2, 0.25) is 5.91 Å². The van der Waals surface area contributed by atoms with Gasteiger partial charge in [-0.2, -0.15) is 0 Å². The zero-order chi connectivity index (χ0) is 27.4. The van der Waals surface area contributed by atoms with Crippen LogP contribution in [0.5, 0.6) is 0 Å². The predicted molar refractivity (Wildman–Crippen MR) is 157 cm³/mol. The van der Waals surface area contributed by atoms with Crippen molar-refractivity contribution in [2.75, 3.05) is 49.1 Å². The van der Waals surface area contributed by atoms with Crippen molar-refractivity contribution in [3.63, 3.8) is 0 Å². The molecule has 0 aliphatic carbocycles. The maximum Gasteiger partial charge on any atom is 0.231 e. The Morgan fingerprint density at radius 3 is 2.26 bits per heavy atom. The van der Waals surface area contributed by atoms with Gasteiger partial charge in [0, 0.05) is 67.5 Å². The lowest BCUT2D eigenvalue weighted by atomic mass is 10.00. The van der Waals surface area contributed by atoms with Crippen LogP contribution in [0, 0.1) is 20.8 Å². The van der Waals surface area contributed by atoms with E-state index < -0.39 is 0 Å². The number of amides is 1. The van der Waals surface area contributed by atoms with Crippen LogP contribution in [0.1, 0.15) is 41.8 Å². The summed E-state index contributed by atoms with van der Waals surface area (Å²) >= 11 is 6.36. The second kappa shape index (κ2) is 12.1. The fourth-order valence-corrected chi connectivity index (χ4v) is 5.57. The van der Waals surface area contributed by atoms with Gasteiger partial charge in [0.15, 0.2) is 5.82 Å². The third-order valence-electron chi connectivity index (χ3n) is 7.31. The van der Waals surface area contributed by atoms with E-state index in [2.05, 4.69) is 65.8 Å². The Labute approximate surface area is 231 Å². The van der Waals surface area contributed by atoms with Gasteiger partial charge in [0.25, 0.3) is 0 Å². The Morgan fingerprint density at radius 1 is 0.921 bits per heavy atom. The topological polar surface area (TPSA) is 78.6 Å². The number of aromatic nitrogens is 2. The number of fused-ring (bicyclic) bond motifs is 1. The van der Waals surface area contributed by atoms with Crippen molar-refractivity contribution in [1.29, 1.82) is 0 Å². The van der Waals surface area contributed by atoms with Crippen molar-refractivity contribution >= 4 is 29.0 Å². The van der Waals surface area contributed by atoms with Gasteiger partial charge in [0.1, 0.15) is 5.82 Å². The summed E-state index contributed by atoms with van der Waals surface area (Å²) in [6.07, 6.45) is 0.844. The van der Waals surface area contributed by atoms with Crippen molar-refractivity contribution in [3.05, 3.63) is 69.4 Å². The molecular weight excluding hydrogens is 496 g/mol. The molecule has 8 heteroatoms. The van der Waals surface area contributed by atoms with E-state index in [9.17, 15) is 4.79 Å². The maximum absolute atomic E-state index is 11.4. The zero-order valence-corrected chi connectivity index (χ0v) is 24.0. The Balaban J connectivity index is 0.00000164. The predicted octanol–water partition coefficient (Wildman–Crippen LogP) is 4.92. The molecule has 2 aromatic carbocycles. The van der Waals surface area contributed by atoms with Crippen molar-refractivity contribution in [2.24, 2.45) is 5.73 Å². The number of primary amides is 1. The van der Waals surface area contributed by atoms with Crippen LogP contribution in [0.15, 0.2) is 36.4 Å². The minimum absolute atomic E-state index is 0.285. The number of nitrogens with zero attached hydrogens (tertiary/aromatic N) is 5. The molecule has 2 N–H and O–H groups in total. The average Bonchev–Trinajstić information content (AvgIpc) is 2.90. The van der Waals surface area contributed by atoms with Gasteiger partial charge in [-0.15, -0.1) is 0 Å². The summed E-state index contributed by atoms with van der Waals surface area (Å²) in [7, 11) is 0. The van der Waals surface area contributed by atoms with Crippen molar-refractivity contribution in [1.82, 2.24) is 14.9 Å². The molecule has 38 heavy (non-hydrogen) atoms. The van der Waals surface area contributed by atoms with E-state index in [0.717, 1.165) is 79.3 Å². The van der Waals surface area contributed by atoms with Gasteiger partial charge >= 0.3 is 0 Å². The van der Waals surface area contributed by atoms with E-state index in [0.29, 0.717) is 6.54 Å². The molecule has 3 aromatic rings. The van der Waals surface area contributed by atoms with Gasteiger partial charge in [-0.25, -0.2) is 9.97 Å². The van der Waals surface area contributed by atoms with E-state index in [-0.39, 0.29) is 5.91 Å². The minimum Gasteiger partial charge on any atom is -0.369 e. The summed E-state index contributed by atoms with van der Waals surface area (Å²) < 4.78 is 0. The highest BCUT2D eigenvalue weighted by Gasteiger charge is 2.29. The number of rotatable bonds is 5. The Kier molecular flexibility index (Phi) is 8.90.